The first kappa shape index (κ1) is 13.5. The monoisotopic (exact) mass is 247 g/mol. The van der Waals surface area contributed by atoms with Crippen molar-refractivity contribution in [2.75, 3.05) is 32.7 Å². The van der Waals surface area contributed by atoms with Gasteiger partial charge in [-0.3, -0.25) is 4.90 Å². The van der Waals surface area contributed by atoms with Crippen LogP contribution in [-0.4, -0.2) is 43.7 Å². The molecule has 18 heavy (non-hydrogen) atoms. The fraction of sp³-hybridized carbons (Fsp3) is 0.600. The summed E-state index contributed by atoms with van der Waals surface area (Å²) in [5.41, 5.74) is 1.37. The molecule has 1 aliphatic rings. The Balaban J connectivity index is 1.60. The predicted molar refractivity (Wildman–Crippen MR) is 76.7 cm³/mol. The van der Waals surface area contributed by atoms with E-state index in [0.29, 0.717) is 6.04 Å². The molecule has 1 atom stereocenters. The first-order valence-electron chi connectivity index (χ1n) is 7.05. The van der Waals surface area contributed by atoms with Gasteiger partial charge in [0.1, 0.15) is 0 Å². The maximum Gasteiger partial charge on any atom is 0.0205 e. The number of hydrogen-bond acceptors (Lipinski definition) is 3. The Morgan fingerprint density at radius 1 is 1.22 bits per heavy atom. The van der Waals surface area contributed by atoms with Gasteiger partial charge in [-0.15, -0.1) is 0 Å². The van der Waals surface area contributed by atoms with Gasteiger partial charge in [0, 0.05) is 38.8 Å². The van der Waals surface area contributed by atoms with Crippen LogP contribution in [0.1, 0.15) is 18.9 Å². The Labute approximate surface area is 111 Å². The molecule has 1 aromatic carbocycles. The minimum Gasteiger partial charge on any atom is -0.314 e. The molecule has 1 saturated heterocycles. The van der Waals surface area contributed by atoms with Crippen LogP contribution in [0.2, 0.25) is 0 Å². The SMILES string of the molecule is CC(CCNCc1ccccc1)N1CCNCC1. The second-order valence-corrected chi connectivity index (χ2v) is 5.09. The average Bonchev–Trinajstić information content (AvgIpc) is 2.45. The van der Waals surface area contributed by atoms with Crippen LogP contribution in [0.3, 0.4) is 0 Å². The molecule has 0 saturated carbocycles. The summed E-state index contributed by atoms with van der Waals surface area (Å²) in [5.74, 6) is 0. The van der Waals surface area contributed by atoms with E-state index in [2.05, 4.69) is 52.8 Å². The van der Waals surface area contributed by atoms with Crippen molar-refractivity contribution >= 4 is 0 Å². The lowest BCUT2D eigenvalue weighted by Crippen LogP contribution is -2.48. The zero-order chi connectivity index (χ0) is 12.6. The largest absolute Gasteiger partial charge is 0.314 e. The Kier molecular flexibility index (Phi) is 5.65. The maximum atomic E-state index is 3.53. The van der Waals surface area contributed by atoms with Gasteiger partial charge in [0.05, 0.1) is 0 Å². The second kappa shape index (κ2) is 7.52. The van der Waals surface area contributed by atoms with Crippen LogP contribution in [0.4, 0.5) is 0 Å². The topological polar surface area (TPSA) is 27.3 Å². The highest BCUT2D eigenvalue weighted by atomic mass is 15.2. The van der Waals surface area contributed by atoms with Crippen LogP contribution >= 0.6 is 0 Å². The normalized spacial score (nSPS) is 18.7. The van der Waals surface area contributed by atoms with Gasteiger partial charge in [0.25, 0.3) is 0 Å². The molecule has 1 unspecified atom stereocenters. The van der Waals surface area contributed by atoms with Crippen LogP contribution in [0.25, 0.3) is 0 Å². The zero-order valence-electron chi connectivity index (χ0n) is 11.4. The molecule has 3 heteroatoms. The molecule has 1 aromatic rings. The van der Waals surface area contributed by atoms with Gasteiger partial charge in [-0.25, -0.2) is 0 Å². The second-order valence-electron chi connectivity index (χ2n) is 5.09. The number of nitrogens with one attached hydrogen (secondary N) is 2. The van der Waals surface area contributed by atoms with E-state index in [4.69, 9.17) is 0 Å². The molecule has 0 aliphatic carbocycles. The number of hydrogen-bond donors (Lipinski definition) is 2. The lowest BCUT2D eigenvalue weighted by atomic mass is 10.1. The Bertz CT molecular complexity index is 320. The molecule has 1 heterocycles. The van der Waals surface area contributed by atoms with E-state index in [0.717, 1.165) is 26.2 Å². The lowest BCUT2D eigenvalue weighted by Gasteiger charge is -2.32. The molecule has 0 spiro atoms. The molecule has 0 aromatic heterocycles. The van der Waals surface area contributed by atoms with E-state index in [-0.39, 0.29) is 0 Å². The molecule has 3 nitrogen and oxygen atoms in total. The molecule has 100 valence electrons. The van der Waals surface area contributed by atoms with Gasteiger partial charge < -0.3 is 10.6 Å². The molecule has 2 rings (SSSR count). The van der Waals surface area contributed by atoms with E-state index in [1.54, 1.807) is 0 Å². The lowest BCUT2D eigenvalue weighted by molar-refractivity contribution is 0.176. The van der Waals surface area contributed by atoms with Gasteiger partial charge in [-0.05, 0) is 25.5 Å². The van der Waals surface area contributed by atoms with E-state index in [1.165, 1.54) is 25.1 Å². The predicted octanol–water partition coefficient (Wildman–Crippen LogP) is 1.46. The fourth-order valence-electron chi connectivity index (χ4n) is 2.45. The van der Waals surface area contributed by atoms with E-state index < -0.39 is 0 Å². The maximum absolute atomic E-state index is 3.53. The molecule has 0 amide bonds. The Morgan fingerprint density at radius 2 is 1.94 bits per heavy atom. The zero-order valence-corrected chi connectivity index (χ0v) is 11.4. The van der Waals surface area contributed by atoms with Gasteiger partial charge in [-0.2, -0.15) is 0 Å². The number of piperazine rings is 1. The quantitative estimate of drug-likeness (QED) is 0.745. The molecule has 0 bridgehead atoms. The van der Waals surface area contributed by atoms with Crippen molar-refractivity contribution in [2.24, 2.45) is 0 Å². The van der Waals surface area contributed by atoms with Crippen LogP contribution in [-0.2, 0) is 6.54 Å². The third-order valence-electron chi connectivity index (χ3n) is 3.69. The van der Waals surface area contributed by atoms with Crippen LogP contribution in [0, 0.1) is 0 Å². The smallest absolute Gasteiger partial charge is 0.0205 e. The molecular weight excluding hydrogens is 222 g/mol. The summed E-state index contributed by atoms with van der Waals surface area (Å²) in [6.45, 7) is 9.09. The van der Waals surface area contributed by atoms with Crippen molar-refractivity contribution in [2.45, 2.75) is 25.9 Å². The van der Waals surface area contributed by atoms with Gasteiger partial charge in [0.2, 0.25) is 0 Å². The summed E-state index contributed by atoms with van der Waals surface area (Å²) in [6, 6.07) is 11.3. The van der Waals surface area contributed by atoms with Crippen molar-refractivity contribution < 1.29 is 0 Å². The first-order valence-corrected chi connectivity index (χ1v) is 7.05. The molecule has 1 fully saturated rings. The van der Waals surface area contributed by atoms with Crippen molar-refractivity contribution in [1.29, 1.82) is 0 Å². The molecule has 2 N–H and O–H groups in total. The van der Waals surface area contributed by atoms with Gasteiger partial charge in [0.15, 0.2) is 0 Å². The summed E-state index contributed by atoms with van der Waals surface area (Å²) in [4.78, 5) is 2.58. The summed E-state index contributed by atoms with van der Waals surface area (Å²) >= 11 is 0. The van der Waals surface area contributed by atoms with Crippen LogP contribution in [0.15, 0.2) is 30.3 Å². The third-order valence-corrected chi connectivity index (χ3v) is 3.69. The molecular formula is C15H25N3. The van der Waals surface area contributed by atoms with Gasteiger partial charge >= 0.3 is 0 Å². The van der Waals surface area contributed by atoms with E-state index in [9.17, 15) is 0 Å². The molecule has 1 aliphatic heterocycles. The van der Waals surface area contributed by atoms with Crippen molar-refractivity contribution in [1.82, 2.24) is 15.5 Å². The summed E-state index contributed by atoms with van der Waals surface area (Å²) in [7, 11) is 0. The van der Waals surface area contributed by atoms with Crippen molar-refractivity contribution in [3.05, 3.63) is 35.9 Å². The fourth-order valence-corrected chi connectivity index (χ4v) is 2.45. The van der Waals surface area contributed by atoms with Crippen LogP contribution < -0.4 is 10.6 Å². The highest BCUT2D eigenvalue weighted by Crippen LogP contribution is 2.04. The number of nitrogens with zero attached hydrogens (tertiary/aromatic N) is 1. The standard InChI is InChI=1S/C15H25N3/c1-14(18-11-9-16-10-12-18)7-8-17-13-15-5-3-2-4-6-15/h2-6,14,16-17H,7-13H2,1H3. The van der Waals surface area contributed by atoms with Crippen LogP contribution in [0.5, 0.6) is 0 Å². The number of benzene rings is 1. The van der Waals surface area contributed by atoms with E-state index in [1.807, 2.05) is 0 Å². The molecule has 0 radical (unpaired) electrons. The minimum absolute atomic E-state index is 0.690. The first-order chi connectivity index (χ1) is 8.86. The van der Waals surface area contributed by atoms with Crippen molar-refractivity contribution in [3.8, 4) is 0 Å². The number of rotatable bonds is 6. The van der Waals surface area contributed by atoms with Crippen molar-refractivity contribution in [3.63, 3.8) is 0 Å². The summed E-state index contributed by atoms with van der Waals surface area (Å²) < 4.78 is 0. The van der Waals surface area contributed by atoms with E-state index >= 15 is 0 Å². The highest BCUT2D eigenvalue weighted by Gasteiger charge is 2.15. The third kappa shape index (κ3) is 4.41. The summed E-state index contributed by atoms with van der Waals surface area (Å²) in [6.07, 6.45) is 1.23. The minimum atomic E-state index is 0.690. The Morgan fingerprint density at radius 3 is 2.67 bits per heavy atom. The highest BCUT2D eigenvalue weighted by molar-refractivity contribution is 5.14. The Hall–Kier alpha value is -0.900. The summed E-state index contributed by atoms with van der Waals surface area (Å²) in [5, 5.41) is 6.93. The van der Waals surface area contributed by atoms with Gasteiger partial charge in [-0.1, -0.05) is 30.3 Å². The average molecular weight is 247 g/mol.